The molecular weight excluding hydrogens is 414 g/mol. The van der Waals surface area contributed by atoms with Crippen LogP contribution in [0.15, 0.2) is 81.3 Å². The van der Waals surface area contributed by atoms with Crippen LogP contribution >= 0.6 is 11.8 Å². The molecule has 0 saturated heterocycles. The van der Waals surface area contributed by atoms with Crippen molar-refractivity contribution in [3.63, 3.8) is 0 Å². The molecule has 4 aromatic rings. The summed E-state index contributed by atoms with van der Waals surface area (Å²) in [5.74, 6) is 0.408. The maximum atomic E-state index is 13.0. The van der Waals surface area contributed by atoms with Gasteiger partial charge in [-0.15, -0.1) is 0 Å². The minimum atomic E-state index is -0.243. The largest absolute Gasteiger partial charge is 0.467 e. The zero-order valence-corrected chi connectivity index (χ0v) is 17.5. The van der Waals surface area contributed by atoms with E-state index < -0.39 is 0 Å². The second kappa shape index (κ2) is 9.01. The number of anilines is 1. The van der Waals surface area contributed by atoms with Gasteiger partial charge in [0.2, 0.25) is 5.91 Å². The van der Waals surface area contributed by atoms with E-state index in [4.69, 9.17) is 4.42 Å². The molecule has 0 aliphatic heterocycles. The second-order valence-electron chi connectivity index (χ2n) is 6.85. The number of nitrogens with one attached hydrogen (secondary N) is 1. The Morgan fingerprint density at radius 1 is 1.06 bits per heavy atom. The molecule has 0 atom stereocenters. The number of benzene rings is 2. The standard InChI is InChI=1S/C23H19N3O4S/c1-15(27)16-8-10-17(11-9-16)24-21(28)14-31-23-25-20-7-3-2-6-19(20)22(29)26(23)13-18-5-4-12-30-18/h2-12H,13-14H2,1H3,(H,24,28). The zero-order chi connectivity index (χ0) is 21.8. The summed E-state index contributed by atoms with van der Waals surface area (Å²) in [6.07, 6.45) is 1.55. The van der Waals surface area contributed by atoms with E-state index in [2.05, 4.69) is 10.3 Å². The van der Waals surface area contributed by atoms with Crippen LogP contribution in [0, 0.1) is 0 Å². The lowest BCUT2D eigenvalue weighted by atomic mass is 10.1. The number of rotatable bonds is 7. The van der Waals surface area contributed by atoms with Gasteiger partial charge >= 0.3 is 0 Å². The van der Waals surface area contributed by atoms with Gasteiger partial charge in [-0.2, -0.15) is 0 Å². The Kier molecular flexibility index (Phi) is 5.99. The molecule has 0 bridgehead atoms. The fourth-order valence-electron chi connectivity index (χ4n) is 3.07. The molecular formula is C23H19N3O4S. The molecule has 31 heavy (non-hydrogen) atoms. The molecule has 7 nitrogen and oxygen atoms in total. The molecule has 4 rings (SSSR count). The molecule has 0 spiro atoms. The summed E-state index contributed by atoms with van der Waals surface area (Å²) in [6, 6.07) is 17.3. The van der Waals surface area contributed by atoms with Gasteiger partial charge in [0.05, 0.1) is 29.5 Å². The van der Waals surface area contributed by atoms with Gasteiger partial charge in [0.25, 0.3) is 5.56 Å². The SMILES string of the molecule is CC(=O)c1ccc(NC(=O)CSc2nc3ccccc3c(=O)n2Cc2ccco2)cc1. The Balaban J connectivity index is 1.54. The minimum absolute atomic E-state index is 0.0367. The number of hydrogen-bond donors (Lipinski definition) is 1. The summed E-state index contributed by atoms with van der Waals surface area (Å²) in [5.41, 5.74) is 1.56. The predicted octanol–water partition coefficient (Wildman–Crippen LogP) is 3.97. The fourth-order valence-corrected chi connectivity index (χ4v) is 3.87. The van der Waals surface area contributed by atoms with Crippen molar-refractivity contribution >= 4 is 40.0 Å². The summed E-state index contributed by atoms with van der Waals surface area (Å²) in [7, 11) is 0. The molecule has 0 radical (unpaired) electrons. The van der Waals surface area contributed by atoms with E-state index in [-0.39, 0.29) is 29.5 Å². The van der Waals surface area contributed by atoms with Crippen molar-refractivity contribution in [1.82, 2.24) is 9.55 Å². The van der Waals surface area contributed by atoms with E-state index in [1.54, 1.807) is 60.9 Å². The average Bonchev–Trinajstić information content (AvgIpc) is 3.28. The summed E-state index contributed by atoms with van der Waals surface area (Å²) in [4.78, 5) is 41.5. The lowest BCUT2D eigenvalue weighted by molar-refractivity contribution is -0.113. The van der Waals surface area contributed by atoms with Crippen molar-refractivity contribution in [3.8, 4) is 0 Å². The molecule has 0 saturated carbocycles. The monoisotopic (exact) mass is 433 g/mol. The van der Waals surface area contributed by atoms with Crippen LogP contribution in [0.1, 0.15) is 23.0 Å². The normalized spacial score (nSPS) is 10.9. The van der Waals surface area contributed by atoms with Crippen molar-refractivity contribution in [1.29, 1.82) is 0 Å². The first kappa shape index (κ1) is 20.6. The summed E-state index contributed by atoms with van der Waals surface area (Å²) in [5, 5.41) is 3.73. The number of carbonyl (C=O) groups is 2. The van der Waals surface area contributed by atoms with Gasteiger partial charge in [-0.05, 0) is 55.5 Å². The Hall–Kier alpha value is -3.65. The van der Waals surface area contributed by atoms with Crippen LogP contribution in [0.5, 0.6) is 0 Å². The molecule has 8 heteroatoms. The Labute approximate surface area is 182 Å². The van der Waals surface area contributed by atoms with Crippen molar-refractivity contribution < 1.29 is 14.0 Å². The number of hydrogen-bond acceptors (Lipinski definition) is 6. The van der Waals surface area contributed by atoms with Crippen LogP contribution < -0.4 is 10.9 Å². The highest BCUT2D eigenvalue weighted by molar-refractivity contribution is 7.99. The smallest absolute Gasteiger partial charge is 0.262 e. The van der Waals surface area contributed by atoms with Gasteiger partial charge in [-0.25, -0.2) is 4.98 Å². The van der Waals surface area contributed by atoms with E-state index in [1.165, 1.54) is 23.3 Å². The van der Waals surface area contributed by atoms with Crippen LogP contribution in [0.4, 0.5) is 5.69 Å². The van der Waals surface area contributed by atoms with Gasteiger partial charge in [-0.1, -0.05) is 23.9 Å². The lowest BCUT2D eigenvalue weighted by Gasteiger charge is -2.12. The van der Waals surface area contributed by atoms with Gasteiger partial charge in [0.15, 0.2) is 10.9 Å². The van der Waals surface area contributed by atoms with Crippen LogP contribution in [-0.4, -0.2) is 27.0 Å². The minimum Gasteiger partial charge on any atom is -0.467 e. The third-order valence-electron chi connectivity index (χ3n) is 4.63. The van der Waals surface area contributed by atoms with Gasteiger partial charge < -0.3 is 9.73 Å². The van der Waals surface area contributed by atoms with Gasteiger partial charge in [-0.3, -0.25) is 19.0 Å². The van der Waals surface area contributed by atoms with Crippen molar-refractivity contribution in [2.45, 2.75) is 18.6 Å². The maximum absolute atomic E-state index is 13.0. The van der Waals surface area contributed by atoms with E-state index in [0.29, 0.717) is 33.1 Å². The van der Waals surface area contributed by atoms with Gasteiger partial charge in [0, 0.05) is 11.3 Å². The average molecular weight is 433 g/mol. The quantitative estimate of drug-likeness (QED) is 0.269. The number of furan rings is 1. The first-order valence-corrected chi connectivity index (χ1v) is 10.6. The highest BCUT2D eigenvalue weighted by Crippen LogP contribution is 2.20. The first-order valence-electron chi connectivity index (χ1n) is 9.57. The maximum Gasteiger partial charge on any atom is 0.262 e. The molecule has 0 aliphatic carbocycles. The first-order chi connectivity index (χ1) is 15.0. The molecule has 0 fully saturated rings. The molecule has 2 heterocycles. The molecule has 2 aromatic carbocycles. The summed E-state index contributed by atoms with van der Waals surface area (Å²) < 4.78 is 6.91. The molecule has 1 N–H and O–H groups in total. The van der Waals surface area contributed by atoms with Crippen LogP contribution in [0.25, 0.3) is 10.9 Å². The molecule has 0 unspecified atom stereocenters. The Morgan fingerprint density at radius 3 is 2.55 bits per heavy atom. The number of amides is 1. The van der Waals surface area contributed by atoms with E-state index >= 15 is 0 Å². The number of aromatic nitrogens is 2. The van der Waals surface area contributed by atoms with Crippen molar-refractivity contribution in [2.75, 3.05) is 11.1 Å². The predicted molar refractivity (Wildman–Crippen MR) is 120 cm³/mol. The third kappa shape index (κ3) is 4.75. The number of carbonyl (C=O) groups excluding carboxylic acids is 2. The van der Waals surface area contributed by atoms with Crippen LogP contribution in [0.2, 0.25) is 0 Å². The van der Waals surface area contributed by atoms with Crippen molar-refractivity contribution in [2.24, 2.45) is 0 Å². The highest BCUT2D eigenvalue weighted by Gasteiger charge is 2.15. The third-order valence-corrected chi connectivity index (χ3v) is 5.60. The van der Waals surface area contributed by atoms with Crippen LogP contribution in [0.3, 0.4) is 0 Å². The lowest BCUT2D eigenvalue weighted by Crippen LogP contribution is -2.24. The Bertz CT molecular complexity index is 1290. The number of fused-ring (bicyclic) bond motifs is 1. The number of nitrogens with zero attached hydrogens (tertiary/aromatic N) is 2. The van der Waals surface area contributed by atoms with Crippen LogP contribution in [-0.2, 0) is 11.3 Å². The fraction of sp³-hybridized carbons (Fsp3) is 0.130. The number of ketones is 1. The molecule has 156 valence electrons. The number of thioether (sulfide) groups is 1. The van der Waals surface area contributed by atoms with Crippen molar-refractivity contribution in [3.05, 3.63) is 88.6 Å². The summed E-state index contributed by atoms with van der Waals surface area (Å²) in [6.45, 7) is 1.71. The Morgan fingerprint density at radius 2 is 1.84 bits per heavy atom. The van der Waals surface area contributed by atoms with E-state index in [0.717, 1.165) is 0 Å². The van der Waals surface area contributed by atoms with Gasteiger partial charge in [0.1, 0.15) is 5.76 Å². The molecule has 2 aromatic heterocycles. The topological polar surface area (TPSA) is 94.2 Å². The second-order valence-corrected chi connectivity index (χ2v) is 7.80. The number of para-hydroxylation sites is 1. The van der Waals surface area contributed by atoms with E-state index in [1.807, 2.05) is 6.07 Å². The zero-order valence-electron chi connectivity index (χ0n) is 16.7. The highest BCUT2D eigenvalue weighted by atomic mass is 32.2. The summed E-state index contributed by atoms with van der Waals surface area (Å²) >= 11 is 1.18. The number of Topliss-reactive ketones (excluding diaryl/α,β-unsaturated/α-hetero) is 1. The van der Waals surface area contributed by atoms with E-state index in [9.17, 15) is 14.4 Å². The molecule has 0 aliphatic rings. The molecule has 1 amide bonds.